The maximum absolute atomic E-state index is 13.4. The van der Waals surface area contributed by atoms with Crippen LogP contribution in [0.15, 0.2) is 53.4 Å². The van der Waals surface area contributed by atoms with Crippen LogP contribution in [0.5, 0.6) is 0 Å². The van der Waals surface area contributed by atoms with Crippen LogP contribution in [0.1, 0.15) is 55.1 Å². The maximum Gasteiger partial charge on any atom is 0.269 e. The highest BCUT2D eigenvalue weighted by atomic mass is 32.2. The zero-order valence-corrected chi connectivity index (χ0v) is 21.5. The van der Waals surface area contributed by atoms with Crippen LogP contribution in [0.3, 0.4) is 0 Å². The van der Waals surface area contributed by atoms with Gasteiger partial charge in [-0.3, -0.25) is 14.4 Å². The summed E-state index contributed by atoms with van der Waals surface area (Å²) in [6.45, 7) is 8.17. The van der Waals surface area contributed by atoms with Gasteiger partial charge in [-0.2, -0.15) is 0 Å². The van der Waals surface area contributed by atoms with E-state index in [4.69, 9.17) is 0 Å². The SMILES string of the molecule is CC[C@H](C(=O)NCC(C)C)N(Cc1ccc(C)cc1)C(=O)CCN1C(=O)c2ccccc2S1(=O)=O. The van der Waals surface area contributed by atoms with Crippen molar-refractivity contribution >= 4 is 27.7 Å². The summed E-state index contributed by atoms with van der Waals surface area (Å²) in [7, 11) is -4.01. The molecule has 2 aromatic carbocycles. The summed E-state index contributed by atoms with van der Waals surface area (Å²) in [4.78, 5) is 40.5. The summed E-state index contributed by atoms with van der Waals surface area (Å²) in [6, 6.07) is 13.0. The fourth-order valence-electron chi connectivity index (χ4n) is 4.03. The quantitative estimate of drug-likeness (QED) is 0.541. The Morgan fingerprint density at radius 3 is 2.31 bits per heavy atom. The van der Waals surface area contributed by atoms with Crippen molar-refractivity contribution in [2.75, 3.05) is 13.1 Å². The number of carbonyl (C=O) groups is 3. The van der Waals surface area contributed by atoms with Crippen molar-refractivity contribution in [3.8, 4) is 0 Å². The molecule has 1 heterocycles. The van der Waals surface area contributed by atoms with Crippen molar-refractivity contribution in [3.63, 3.8) is 0 Å². The molecule has 0 saturated carbocycles. The van der Waals surface area contributed by atoms with Crippen molar-refractivity contribution in [2.24, 2.45) is 5.92 Å². The summed E-state index contributed by atoms with van der Waals surface area (Å²) in [5.74, 6) is -1.03. The molecule has 0 aromatic heterocycles. The highest BCUT2D eigenvalue weighted by Gasteiger charge is 2.41. The van der Waals surface area contributed by atoms with E-state index in [0.29, 0.717) is 13.0 Å². The molecule has 0 aliphatic carbocycles. The van der Waals surface area contributed by atoms with Gasteiger partial charge in [0.05, 0.1) is 5.56 Å². The number of nitrogens with zero attached hydrogens (tertiary/aromatic N) is 2. The second kappa shape index (κ2) is 11.0. The Labute approximate surface area is 207 Å². The fourth-order valence-corrected chi connectivity index (χ4v) is 5.59. The Hall–Kier alpha value is -3.20. The van der Waals surface area contributed by atoms with Crippen LogP contribution in [0.2, 0.25) is 0 Å². The van der Waals surface area contributed by atoms with Gasteiger partial charge in [0.1, 0.15) is 10.9 Å². The van der Waals surface area contributed by atoms with Crippen molar-refractivity contribution < 1.29 is 22.8 Å². The van der Waals surface area contributed by atoms with E-state index < -0.39 is 27.9 Å². The molecule has 0 saturated heterocycles. The molecular weight excluding hydrogens is 466 g/mol. The smallest absolute Gasteiger partial charge is 0.269 e. The molecule has 1 atom stereocenters. The van der Waals surface area contributed by atoms with Crippen molar-refractivity contribution in [1.82, 2.24) is 14.5 Å². The summed E-state index contributed by atoms with van der Waals surface area (Å²) in [6.07, 6.45) is 0.173. The Morgan fingerprint density at radius 2 is 1.71 bits per heavy atom. The average molecular weight is 500 g/mol. The molecule has 8 nitrogen and oxygen atoms in total. The van der Waals surface area contributed by atoms with E-state index >= 15 is 0 Å². The van der Waals surface area contributed by atoms with Crippen LogP contribution >= 0.6 is 0 Å². The standard InChI is InChI=1S/C26H33N3O5S/c1-5-22(25(31)27-16-18(2)3)28(17-20-12-10-19(4)11-13-20)24(30)14-15-29-26(32)21-8-6-7-9-23(21)35(29,33)34/h6-13,18,22H,5,14-17H2,1-4H3,(H,27,31)/t22-/m1/s1. The van der Waals surface area contributed by atoms with Crippen LogP contribution in [0.4, 0.5) is 0 Å². The van der Waals surface area contributed by atoms with Gasteiger partial charge in [-0.05, 0) is 37.0 Å². The maximum atomic E-state index is 13.4. The Balaban J connectivity index is 1.81. The third kappa shape index (κ3) is 5.90. The van der Waals surface area contributed by atoms with Crippen molar-refractivity contribution in [2.45, 2.75) is 58.0 Å². The summed E-state index contributed by atoms with van der Waals surface area (Å²) in [5, 5.41) is 2.90. The van der Waals surface area contributed by atoms with E-state index in [1.165, 1.54) is 17.0 Å². The number of hydrogen-bond donors (Lipinski definition) is 1. The van der Waals surface area contributed by atoms with Gasteiger partial charge in [0.15, 0.2) is 0 Å². The van der Waals surface area contributed by atoms with Gasteiger partial charge in [-0.1, -0.05) is 62.7 Å². The number of hydrogen-bond acceptors (Lipinski definition) is 5. The van der Waals surface area contributed by atoms with Gasteiger partial charge in [0, 0.05) is 26.1 Å². The summed E-state index contributed by atoms with van der Waals surface area (Å²) >= 11 is 0. The third-order valence-corrected chi connectivity index (χ3v) is 7.83. The van der Waals surface area contributed by atoms with Gasteiger partial charge < -0.3 is 10.2 Å². The van der Waals surface area contributed by atoms with Gasteiger partial charge in [-0.15, -0.1) is 0 Å². The highest BCUT2D eigenvalue weighted by Crippen LogP contribution is 2.30. The van der Waals surface area contributed by atoms with Crippen molar-refractivity contribution in [3.05, 3.63) is 65.2 Å². The Kier molecular flexibility index (Phi) is 8.32. The first-order valence-corrected chi connectivity index (χ1v) is 13.3. The zero-order chi connectivity index (χ0) is 25.8. The topological polar surface area (TPSA) is 104 Å². The number of aryl methyl sites for hydroxylation is 1. The molecule has 0 unspecified atom stereocenters. The normalized spacial score (nSPS) is 15.1. The van der Waals surface area contributed by atoms with Crippen molar-refractivity contribution in [1.29, 1.82) is 0 Å². The molecule has 2 aromatic rings. The highest BCUT2D eigenvalue weighted by molar-refractivity contribution is 7.90. The van der Waals surface area contributed by atoms with Crippen LogP contribution < -0.4 is 5.32 Å². The molecule has 9 heteroatoms. The number of carbonyl (C=O) groups excluding carboxylic acids is 3. The predicted octanol–water partition coefficient (Wildman–Crippen LogP) is 3.11. The lowest BCUT2D eigenvalue weighted by Crippen LogP contribution is -2.50. The minimum absolute atomic E-state index is 0.0477. The average Bonchev–Trinajstić information content (AvgIpc) is 3.02. The molecule has 3 amide bonds. The van der Waals surface area contributed by atoms with E-state index in [9.17, 15) is 22.8 Å². The second-order valence-corrected chi connectivity index (χ2v) is 11.0. The lowest BCUT2D eigenvalue weighted by molar-refractivity contribution is -0.141. The molecule has 35 heavy (non-hydrogen) atoms. The second-order valence-electron chi connectivity index (χ2n) is 9.20. The minimum atomic E-state index is -4.01. The number of nitrogens with one attached hydrogen (secondary N) is 1. The lowest BCUT2D eigenvalue weighted by atomic mass is 10.1. The van der Waals surface area contributed by atoms with E-state index in [1.807, 2.05) is 52.0 Å². The summed E-state index contributed by atoms with van der Waals surface area (Å²) < 4.78 is 26.5. The predicted molar refractivity (Wildman–Crippen MR) is 133 cm³/mol. The molecule has 0 spiro atoms. The molecule has 1 aliphatic rings. The molecule has 1 aliphatic heterocycles. The first-order chi connectivity index (χ1) is 16.6. The molecule has 3 rings (SSSR count). The van der Waals surface area contributed by atoms with E-state index in [-0.39, 0.29) is 41.8 Å². The molecule has 0 radical (unpaired) electrons. The Morgan fingerprint density at radius 1 is 1.06 bits per heavy atom. The third-order valence-electron chi connectivity index (χ3n) is 5.98. The van der Waals surface area contributed by atoms with Crippen LogP contribution in [0.25, 0.3) is 0 Å². The fraction of sp³-hybridized carbons (Fsp3) is 0.423. The van der Waals surface area contributed by atoms with E-state index in [0.717, 1.165) is 15.4 Å². The minimum Gasteiger partial charge on any atom is -0.354 e. The summed E-state index contributed by atoms with van der Waals surface area (Å²) in [5.41, 5.74) is 2.04. The molecule has 188 valence electrons. The van der Waals surface area contributed by atoms with Crippen LogP contribution in [0, 0.1) is 12.8 Å². The number of rotatable bonds is 10. The number of benzene rings is 2. The number of sulfonamides is 1. The number of amides is 3. The van der Waals surface area contributed by atoms with E-state index in [2.05, 4.69) is 5.32 Å². The molecule has 0 fully saturated rings. The first kappa shape index (κ1) is 26.4. The lowest BCUT2D eigenvalue weighted by Gasteiger charge is -2.31. The van der Waals surface area contributed by atoms with Crippen LogP contribution in [-0.4, -0.2) is 54.5 Å². The monoisotopic (exact) mass is 499 g/mol. The molecular formula is C26H33N3O5S. The Bertz CT molecular complexity index is 1190. The molecule has 0 bridgehead atoms. The van der Waals surface area contributed by atoms with Gasteiger partial charge in [-0.25, -0.2) is 12.7 Å². The van der Waals surface area contributed by atoms with Gasteiger partial charge in [0.25, 0.3) is 15.9 Å². The van der Waals surface area contributed by atoms with Crippen LogP contribution in [-0.2, 0) is 26.2 Å². The van der Waals surface area contributed by atoms with Gasteiger partial charge >= 0.3 is 0 Å². The van der Waals surface area contributed by atoms with E-state index in [1.54, 1.807) is 12.1 Å². The zero-order valence-electron chi connectivity index (χ0n) is 20.7. The number of fused-ring (bicyclic) bond motifs is 1. The largest absolute Gasteiger partial charge is 0.354 e. The van der Waals surface area contributed by atoms with Gasteiger partial charge in [0.2, 0.25) is 11.8 Å². The first-order valence-electron chi connectivity index (χ1n) is 11.8. The molecule has 1 N–H and O–H groups in total.